The number of nitrogens with zero attached hydrogens (tertiary/aromatic N) is 1. The minimum absolute atomic E-state index is 0.0638. The highest BCUT2D eigenvalue weighted by Gasteiger charge is 2.52. The average Bonchev–Trinajstić information content (AvgIpc) is 2.77. The van der Waals surface area contributed by atoms with Crippen molar-refractivity contribution < 1.29 is 9.53 Å². The summed E-state index contributed by atoms with van der Waals surface area (Å²) in [5.41, 5.74) is 4.31. The lowest BCUT2D eigenvalue weighted by atomic mass is 9.70. The third kappa shape index (κ3) is 2.08. The molecule has 0 aromatic heterocycles. The van der Waals surface area contributed by atoms with Gasteiger partial charge in [0.2, 0.25) is 5.91 Å². The molecule has 0 aliphatic carbocycles. The molecule has 1 atom stereocenters. The quantitative estimate of drug-likeness (QED) is 0.792. The molecule has 1 aliphatic heterocycles. The number of hydrogen-bond acceptors (Lipinski definition) is 2. The summed E-state index contributed by atoms with van der Waals surface area (Å²) in [6.07, 6.45) is 2.36. The highest BCUT2D eigenvalue weighted by Crippen LogP contribution is 2.51. The predicted octanol–water partition coefficient (Wildman–Crippen LogP) is 4.15. The van der Waals surface area contributed by atoms with Crippen molar-refractivity contribution in [3.63, 3.8) is 0 Å². The molecule has 1 amide bonds. The van der Waals surface area contributed by atoms with Crippen molar-refractivity contribution in [2.24, 2.45) is 0 Å². The third-order valence-corrected chi connectivity index (χ3v) is 4.94. The minimum atomic E-state index is -0.782. The van der Waals surface area contributed by atoms with Crippen molar-refractivity contribution in [1.82, 2.24) is 0 Å². The number of fused-ring (bicyclic) bond motifs is 1. The fourth-order valence-electron chi connectivity index (χ4n) is 4.03. The van der Waals surface area contributed by atoms with Gasteiger partial charge in [0, 0.05) is 18.3 Å². The molecule has 24 heavy (non-hydrogen) atoms. The molecule has 0 saturated carbocycles. The number of likely N-dealkylation sites (N-methyl/N-ethyl adjacent to an activating group) is 1. The van der Waals surface area contributed by atoms with Gasteiger partial charge in [-0.2, -0.15) is 0 Å². The van der Waals surface area contributed by atoms with Crippen LogP contribution in [0, 0.1) is 13.8 Å². The number of hydrogen-bond donors (Lipinski definition) is 0. The van der Waals surface area contributed by atoms with E-state index in [9.17, 15) is 4.79 Å². The number of para-hydroxylation sites is 1. The molecule has 3 heteroatoms. The molecule has 3 nitrogen and oxygen atoms in total. The van der Waals surface area contributed by atoms with Crippen LogP contribution in [0.3, 0.4) is 0 Å². The molecule has 0 unspecified atom stereocenters. The molecular formula is C21H23NO2. The molecule has 0 radical (unpaired) electrons. The zero-order chi connectivity index (χ0) is 17.5. The standard InChI is InChI=1S/C21H23NO2/c1-6-11-21(19-15(3)12-14(2)13-18(19)24-5)16-9-7-8-10-17(16)22(4)20(21)23/h6-10,12-13H,1,11H2,2-5H3/t21-/m1/s1. The van der Waals surface area contributed by atoms with Gasteiger partial charge in [-0.25, -0.2) is 0 Å². The Morgan fingerprint density at radius 2 is 1.96 bits per heavy atom. The van der Waals surface area contributed by atoms with E-state index in [-0.39, 0.29) is 5.91 Å². The van der Waals surface area contributed by atoms with Crippen molar-refractivity contribution in [3.8, 4) is 5.75 Å². The van der Waals surface area contributed by atoms with E-state index < -0.39 is 5.41 Å². The van der Waals surface area contributed by atoms with Crippen LogP contribution in [0.25, 0.3) is 0 Å². The molecule has 2 aromatic rings. The Kier molecular flexibility index (Phi) is 3.96. The molecule has 1 heterocycles. The van der Waals surface area contributed by atoms with Gasteiger partial charge in [0.25, 0.3) is 0 Å². The number of allylic oxidation sites excluding steroid dienone is 1. The summed E-state index contributed by atoms with van der Waals surface area (Å²) in [5.74, 6) is 0.821. The lowest BCUT2D eigenvalue weighted by Crippen LogP contribution is -2.40. The Labute approximate surface area is 143 Å². The van der Waals surface area contributed by atoms with Crippen LogP contribution in [-0.2, 0) is 10.2 Å². The number of methoxy groups -OCH3 is 1. The average molecular weight is 321 g/mol. The Morgan fingerprint density at radius 3 is 2.62 bits per heavy atom. The highest BCUT2D eigenvalue weighted by molar-refractivity contribution is 6.10. The summed E-state index contributed by atoms with van der Waals surface area (Å²) in [4.78, 5) is 15.2. The zero-order valence-corrected chi connectivity index (χ0v) is 14.7. The first-order valence-corrected chi connectivity index (χ1v) is 8.11. The van der Waals surface area contributed by atoms with Gasteiger partial charge in [-0.05, 0) is 49.1 Å². The molecule has 0 spiro atoms. The molecule has 1 aliphatic rings. The topological polar surface area (TPSA) is 29.5 Å². The molecule has 0 fully saturated rings. The Bertz CT molecular complexity index is 825. The van der Waals surface area contributed by atoms with E-state index in [0.29, 0.717) is 6.42 Å². The Balaban J connectivity index is 2.41. The molecule has 3 rings (SSSR count). The number of carbonyl (C=O) groups is 1. The Morgan fingerprint density at radius 1 is 1.25 bits per heavy atom. The maximum absolute atomic E-state index is 13.4. The van der Waals surface area contributed by atoms with E-state index in [1.807, 2.05) is 57.3 Å². The number of benzene rings is 2. The third-order valence-electron chi connectivity index (χ3n) is 4.94. The predicted molar refractivity (Wildman–Crippen MR) is 97.9 cm³/mol. The lowest BCUT2D eigenvalue weighted by Gasteiger charge is -2.31. The van der Waals surface area contributed by atoms with Gasteiger partial charge in [-0.1, -0.05) is 30.3 Å². The van der Waals surface area contributed by atoms with Crippen LogP contribution in [0.15, 0.2) is 49.1 Å². The van der Waals surface area contributed by atoms with Crippen molar-refractivity contribution in [3.05, 3.63) is 71.3 Å². The first-order chi connectivity index (χ1) is 11.5. The fourth-order valence-corrected chi connectivity index (χ4v) is 4.03. The van der Waals surface area contributed by atoms with Gasteiger partial charge < -0.3 is 9.64 Å². The molecular weight excluding hydrogens is 298 g/mol. The second kappa shape index (κ2) is 5.82. The number of amides is 1. The summed E-state index contributed by atoms with van der Waals surface area (Å²) in [6.45, 7) is 8.00. The van der Waals surface area contributed by atoms with Crippen LogP contribution in [0.4, 0.5) is 5.69 Å². The van der Waals surface area contributed by atoms with Gasteiger partial charge in [-0.3, -0.25) is 4.79 Å². The van der Waals surface area contributed by atoms with Crippen molar-refractivity contribution in [1.29, 1.82) is 0 Å². The van der Waals surface area contributed by atoms with Crippen LogP contribution in [0.2, 0.25) is 0 Å². The van der Waals surface area contributed by atoms with E-state index in [1.165, 1.54) is 0 Å². The number of aryl methyl sites for hydroxylation is 2. The summed E-state index contributed by atoms with van der Waals surface area (Å²) < 4.78 is 5.68. The number of anilines is 1. The van der Waals surface area contributed by atoms with Crippen molar-refractivity contribution in [2.75, 3.05) is 19.1 Å². The van der Waals surface area contributed by atoms with E-state index in [1.54, 1.807) is 12.0 Å². The first-order valence-electron chi connectivity index (χ1n) is 8.11. The number of carbonyl (C=O) groups excluding carboxylic acids is 1. The minimum Gasteiger partial charge on any atom is -0.496 e. The second-order valence-electron chi connectivity index (χ2n) is 6.44. The highest BCUT2D eigenvalue weighted by atomic mass is 16.5. The number of rotatable bonds is 4. The van der Waals surface area contributed by atoms with Gasteiger partial charge in [-0.15, -0.1) is 6.58 Å². The van der Waals surface area contributed by atoms with E-state index in [2.05, 4.69) is 12.6 Å². The van der Waals surface area contributed by atoms with E-state index in [0.717, 1.165) is 33.7 Å². The maximum Gasteiger partial charge on any atom is 0.242 e. The van der Waals surface area contributed by atoms with Crippen LogP contribution >= 0.6 is 0 Å². The fraction of sp³-hybridized carbons (Fsp3) is 0.286. The maximum atomic E-state index is 13.4. The van der Waals surface area contributed by atoms with E-state index >= 15 is 0 Å². The zero-order valence-electron chi connectivity index (χ0n) is 14.7. The number of ether oxygens (including phenoxy) is 1. The molecule has 0 bridgehead atoms. The SMILES string of the molecule is C=CC[C@@]1(c2c(C)cc(C)cc2OC)C(=O)N(C)c2ccccc21. The largest absolute Gasteiger partial charge is 0.496 e. The van der Waals surface area contributed by atoms with E-state index in [4.69, 9.17) is 4.74 Å². The molecule has 0 N–H and O–H groups in total. The summed E-state index contributed by atoms with van der Waals surface area (Å²) >= 11 is 0. The summed E-state index contributed by atoms with van der Waals surface area (Å²) in [6, 6.07) is 12.1. The van der Waals surface area contributed by atoms with Crippen molar-refractivity contribution in [2.45, 2.75) is 25.7 Å². The molecule has 0 saturated heterocycles. The molecule has 124 valence electrons. The Hall–Kier alpha value is -2.55. The van der Waals surface area contributed by atoms with Crippen LogP contribution in [0.5, 0.6) is 5.75 Å². The van der Waals surface area contributed by atoms with Crippen LogP contribution in [0.1, 0.15) is 28.7 Å². The van der Waals surface area contributed by atoms with Crippen molar-refractivity contribution >= 4 is 11.6 Å². The smallest absolute Gasteiger partial charge is 0.242 e. The normalized spacial score (nSPS) is 19.3. The van der Waals surface area contributed by atoms with Crippen LogP contribution < -0.4 is 9.64 Å². The van der Waals surface area contributed by atoms with Gasteiger partial charge >= 0.3 is 0 Å². The lowest BCUT2D eigenvalue weighted by molar-refractivity contribution is -0.121. The summed E-state index contributed by atoms with van der Waals surface area (Å²) in [7, 11) is 3.50. The van der Waals surface area contributed by atoms with Gasteiger partial charge in [0.15, 0.2) is 0 Å². The summed E-state index contributed by atoms with van der Waals surface area (Å²) in [5, 5.41) is 0. The monoisotopic (exact) mass is 321 g/mol. The van der Waals surface area contributed by atoms with Crippen LogP contribution in [-0.4, -0.2) is 20.1 Å². The first kappa shape index (κ1) is 16.3. The van der Waals surface area contributed by atoms with Gasteiger partial charge in [0.05, 0.1) is 7.11 Å². The second-order valence-corrected chi connectivity index (χ2v) is 6.44. The molecule has 2 aromatic carbocycles. The van der Waals surface area contributed by atoms with Gasteiger partial charge in [0.1, 0.15) is 11.2 Å².